The first-order valence-electron chi connectivity index (χ1n) is 43.4. The van der Waals surface area contributed by atoms with Crippen LogP contribution in [0.15, 0.2) is 264 Å². The highest BCUT2D eigenvalue weighted by Crippen LogP contribution is 2.48. The number of nitrogens with one attached hydrogen (secondary N) is 7. The fourth-order valence-corrected chi connectivity index (χ4v) is 23.5. The molecule has 0 atom stereocenters. The van der Waals surface area contributed by atoms with Crippen LogP contribution >= 0.6 is 22.7 Å². The first-order valence-corrected chi connectivity index (χ1v) is 58.3. The Morgan fingerprint density at radius 1 is 0.366 bits per heavy atom. The van der Waals surface area contributed by atoms with Crippen LogP contribution in [-0.2, 0) is 74.5 Å². The Kier molecular flexibility index (Phi) is 31.8. The molecule has 9 aromatic carbocycles. The quantitative estimate of drug-likeness (QED) is 0.0271. The standard InChI is InChI=1S/C19H21N5O2S.C17H17N5O4S.C15H15N5O3S2.C15H14N4O4S2.C13H11N5O2S.C12H10N4O2S2/c1-27(25,26)17-7-5-6-16(18(17)19-20-22-23-21-19)14-8-10-15(11-9-14)24-12-3-2-4-13-24;1-27(25,26)14-4-2-3-13(15(14)16-19-21-22-20-16)11-5-7-12(8-6-11)17(24)18-9-10-23;1-25(22,23)11-5-2-4-9(12(11)13-17-19-20-18-13)10-8-16-14(24-10)15(21)6-3-7-15;1-24(20,21)11-8-6-10(7-9-11)12-4-3-5-13(25(2,22)23)14(12)15-16-18-19-17-15;1-21(19,20)11-6-2-5-10(9-4-3-7-14-8-9)12(11)13-15-17-18-16-13;1-20(17,18)10-6-2-4-8(9-5-3-7-19-9)11(10)12-13-15-16-14-12/h5-11H,2-4,12-13H2,1H3,(H,20,21,22,23);2-8,23H,9-10H2,1H3,(H,18,24)(H,19,20,21,22);2,4-5,8,21H,3,6-7H2,1H3,(H,17,18,19,20);3-9H,1-2H3,(H,16,17,18,19);2-8H,1H3,(H,15,16,17,18);2-7H,1H3,(H,13,14,15,16). The zero-order valence-electron chi connectivity index (χ0n) is 77.6. The van der Waals surface area contributed by atoms with E-state index in [1.807, 2.05) is 47.8 Å². The van der Waals surface area contributed by atoms with E-state index in [4.69, 9.17) is 5.11 Å². The highest BCUT2D eigenvalue weighted by atomic mass is 32.2. The number of carbonyl (C=O) groups excluding carboxylic acids is 1. The van der Waals surface area contributed by atoms with Crippen molar-refractivity contribution in [1.29, 1.82) is 0 Å². The van der Waals surface area contributed by atoms with Gasteiger partial charge in [0.25, 0.3) is 5.91 Å². The van der Waals surface area contributed by atoms with Crippen LogP contribution in [0.5, 0.6) is 0 Å². The number of aromatic nitrogens is 26. The molecule has 1 aliphatic heterocycles. The number of rotatable bonds is 24. The number of amides is 1. The summed E-state index contributed by atoms with van der Waals surface area (Å²) in [6, 6.07) is 58.5. The van der Waals surface area contributed by atoms with E-state index in [1.54, 1.807) is 134 Å². The van der Waals surface area contributed by atoms with Crippen molar-refractivity contribution in [1.82, 2.24) is 139 Å². The van der Waals surface area contributed by atoms with Gasteiger partial charge in [-0.05, 0) is 199 Å². The molecule has 20 rings (SSSR count). The second-order valence-electron chi connectivity index (χ2n) is 32.7. The Balaban J connectivity index is 0.000000131. The summed E-state index contributed by atoms with van der Waals surface area (Å²) >= 11 is 2.88. The van der Waals surface area contributed by atoms with Gasteiger partial charge in [-0.25, -0.2) is 63.9 Å². The number of aromatic amines is 6. The number of hydrogen-bond donors (Lipinski definition) is 9. The lowest BCUT2D eigenvalue weighted by molar-refractivity contribution is -0.0389. The minimum absolute atomic E-state index is 0.0681. The number of benzene rings is 9. The minimum Gasteiger partial charge on any atom is -0.395 e. The number of thiophene rings is 1. The van der Waals surface area contributed by atoms with E-state index < -0.39 is 74.5 Å². The second-order valence-corrected chi connectivity index (χ2v) is 48.6. The summed E-state index contributed by atoms with van der Waals surface area (Å²) in [5, 5.41) is 107. The summed E-state index contributed by atoms with van der Waals surface area (Å²) in [7, 11) is -24.2. The maximum Gasteiger partial charge on any atom is 0.251 e. The van der Waals surface area contributed by atoms with Crippen molar-refractivity contribution in [2.24, 2.45) is 0 Å². The minimum atomic E-state index is -3.54. The number of sulfone groups is 7. The fourth-order valence-electron chi connectivity index (χ4n) is 15.7. The zero-order valence-corrected chi connectivity index (χ0v) is 84.9. The van der Waals surface area contributed by atoms with E-state index >= 15 is 0 Å². The van der Waals surface area contributed by atoms with E-state index in [0.29, 0.717) is 90.2 Å². The van der Waals surface area contributed by atoms with Gasteiger partial charge in [-0.1, -0.05) is 121 Å². The number of hydrogen-bond acceptors (Lipinski definition) is 40. The van der Waals surface area contributed by atoms with Crippen LogP contribution in [0, 0.1) is 0 Å². The molecule has 2 aliphatic rings. The lowest BCUT2D eigenvalue weighted by Gasteiger charge is -2.34. The fraction of sp³-hybridized carbons (Fsp3) is 0.198. The summed E-state index contributed by atoms with van der Waals surface area (Å²) in [5.74, 6) is 0.974. The number of nitrogens with zero attached hydrogens (tertiary/aromatic N) is 21. The van der Waals surface area contributed by atoms with Crippen LogP contribution in [0.25, 0.3) is 134 Å². The van der Waals surface area contributed by atoms with Gasteiger partial charge in [0.1, 0.15) is 10.6 Å². The Morgan fingerprint density at radius 3 is 1.01 bits per heavy atom. The van der Waals surface area contributed by atoms with Crippen LogP contribution in [0.4, 0.5) is 5.69 Å². The summed E-state index contributed by atoms with van der Waals surface area (Å²) in [6.07, 6.45) is 19.1. The molecule has 9 N–H and O–H groups in total. The highest BCUT2D eigenvalue weighted by molar-refractivity contribution is 7.92. The molecule has 0 unspecified atom stereocenters. The second kappa shape index (κ2) is 44.3. The number of aliphatic hydroxyl groups excluding tert-OH is 1. The van der Waals surface area contributed by atoms with Crippen molar-refractivity contribution < 1.29 is 73.9 Å². The lowest BCUT2D eigenvalue weighted by Crippen LogP contribution is -2.33. The zero-order chi connectivity index (χ0) is 103. The van der Waals surface area contributed by atoms with E-state index in [2.05, 4.69) is 156 Å². The van der Waals surface area contributed by atoms with Crippen LogP contribution in [-0.4, -0.2) is 279 Å². The van der Waals surface area contributed by atoms with Gasteiger partial charge in [-0.15, -0.1) is 83.9 Å². The van der Waals surface area contributed by atoms with Crippen molar-refractivity contribution >= 4 is 103 Å². The molecule has 0 spiro atoms. The monoisotopic (exact) mass is 2130 g/mol. The predicted octanol–water partition coefficient (Wildman–Crippen LogP) is 10.0. The number of anilines is 1. The van der Waals surface area contributed by atoms with E-state index in [0.717, 1.165) is 82.8 Å². The number of H-pyrrole nitrogens is 6. The molecule has 2 fully saturated rings. The third kappa shape index (κ3) is 24.8. The number of aliphatic hydroxyl groups is 2. The summed E-state index contributed by atoms with van der Waals surface area (Å²) < 4.78 is 169. The van der Waals surface area contributed by atoms with Gasteiger partial charge in [-0.3, -0.25) is 9.78 Å². The van der Waals surface area contributed by atoms with Crippen LogP contribution in [0.1, 0.15) is 53.9 Å². The van der Waals surface area contributed by atoms with Crippen molar-refractivity contribution in [3.05, 3.63) is 241 Å². The Hall–Kier alpha value is -15.3. The van der Waals surface area contributed by atoms with Gasteiger partial charge in [0.2, 0.25) is 34.9 Å². The summed E-state index contributed by atoms with van der Waals surface area (Å²) in [5.41, 5.74) is 10.2. The topological polar surface area (TPSA) is 664 Å². The molecular formula is C91H88N28O17S9. The van der Waals surface area contributed by atoms with E-state index in [9.17, 15) is 68.8 Å². The Bertz CT molecular complexity index is 8460. The molecule has 748 valence electrons. The van der Waals surface area contributed by atoms with Crippen molar-refractivity contribution in [3.63, 3.8) is 0 Å². The van der Waals surface area contributed by atoms with Crippen molar-refractivity contribution in [2.75, 3.05) is 74.9 Å². The smallest absolute Gasteiger partial charge is 0.251 e. The first kappa shape index (κ1) is 104. The highest BCUT2D eigenvalue weighted by Gasteiger charge is 2.40. The molecular weight excluding hydrogens is 2050 g/mol. The molecule has 0 bridgehead atoms. The first-order chi connectivity index (χ1) is 69.2. The number of thiazole rings is 1. The third-order valence-electron chi connectivity index (χ3n) is 22.4. The normalized spacial score (nSPS) is 13.2. The molecule has 18 aromatic rings. The van der Waals surface area contributed by atoms with E-state index in [-0.39, 0.29) is 88.3 Å². The lowest BCUT2D eigenvalue weighted by atomic mass is 9.81. The van der Waals surface area contributed by atoms with Crippen LogP contribution in [0.3, 0.4) is 0 Å². The molecule has 1 saturated heterocycles. The molecule has 10 heterocycles. The van der Waals surface area contributed by atoms with E-state index in [1.165, 1.54) is 96.5 Å². The Labute approximate surface area is 837 Å². The molecule has 1 aliphatic carbocycles. The molecule has 1 amide bonds. The summed E-state index contributed by atoms with van der Waals surface area (Å²) in [4.78, 5) is 25.5. The molecule has 0 radical (unpaired) electrons. The maximum absolute atomic E-state index is 12.3. The van der Waals surface area contributed by atoms with Crippen LogP contribution < -0.4 is 10.2 Å². The van der Waals surface area contributed by atoms with Gasteiger partial charge in [-0.2, -0.15) is 31.3 Å². The maximum atomic E-state index is 12.3. The average molecular weight is 2130 g/mol. The predicted molar refractivity (Wildman–Crippen MR) is 537 cm³/mol. The molecule has 9 aromatic heterocycles. The van der Waals surface area contributed by atoms with Crippen molar-refractivity contribution in [3.8, 4) is 134 Å². The van der Waals surface area contributed by atoms with Crippen LogP contribution in [0.2, 0.25) is 0 Å². The SMILES string of the molecule is CS(=O)(=O)c1ccc(-c2cccc(S(C)(=O)=O)c2-c2nn[nH]n2)cc1.CS(=O)(=O)c1cccc(-c2ccc(C(=O)NCCO)cc2)c1-c1nn[nH]n1.CS(=O)(=O)c1cccc(-c2ccc(N3CCCCC3)cc2)c1-c1nn[nH]n1.CS(=O)(=O)c1cccc(-c2cccnc2)c1-c1nn[nH]n1.CS(=O)(=O)c1cccc(-c2cccs2)c1-c1nn[nH]n1.CS(=O)(=O)c1cccc(-c2cnc(C3(O)CCC3)s2)c1-c1nn[nH]n1. The number of piperidine rings is 1. The van der Waals surface area contributed by atoms with Gasteiger partial charge in [0, 0.05) is 137 Å². The summed E-state index contributed by atoms with van der Waals surface area (Å²) in [6.45, 7) is 2.18. The van der Waals surface area contributed by atoms with Gasteiger partial charge < -0.3 is 20.4 Å². The largest absolute Gasteiger partial charge is 0.395 e. The molecule has 45 nitrogen and oxygen atoms in total. The average Bonchev–Trinajstić information content (AvgIpc) is 0.870. The Morgan fingerprint density at radius 2 is 0.703 bits per heavy atom. The number of tetrazole rings is 6. The van der Waals surface area contributed by atoms with Gasteiger partial charge in [0.15, 0.2) is 68.9 Å². The third-order valence-corrected chi connectivity index (χ3v) is 32.5. The molecule has 145 heavy (non-hydrogen) atoms. The number of carbonyl (C=O) groups is 1. The molecule has 54 heteroatoms. The van der Waals surface area contributed by atoms with Crippen molar-refractivity contribution in [2.45, 2.75) is 78.4 Å². The van der Waals surface area contributed by atoms with Gasteiger partial charge >= 0.3 is 0 Å². The molecule has 1 saturated carbocycles. The van der Waals surface area contributed by atoms with Gasteiger partial charge in [0.05, 0.1) is 56.9 Å². The number of pyridine rings is 1.